The van der Waals surface area contributed by atoms with Crippen molar-refractivity contribution < 1.29 is 14.3 Å². The molecule has 6 heteroatoms. The van der Waals surface area contributed by atoms with E-state index in [-0.39, 0.29) is 12.0 Å². The number of nitrogens with two attached hydrogens (primary N) is 1. The van der Waals surface area contributed by atoms with Gasteiger partial charge in [0.1, 0.15) is 11.0 Å². The van der Waals surface area contributed by atoms with Crippen molar-refractivity contribution >= 4 is 28.8 Å². The maximum atomic E-state index is 12.3. The van der Waals surface area contributed by atoms with Crippen LogP contribution in [0.4, 0.5) is 5.69 Å². The number of hydrogen-bond acceptors (Lipinski definition) is 4. The van der Waals surface area contributed by atoms with Gasteiger partial charge in [0.25, 0.3) is 11.8 Å². The molecule has 0 aromatic carbocycles. The van der Waals surface area contributed by atoms with Crippen LogP contribution in [0.1, 0.15) is 55.1 Å². The Kier molecular flexibility index (Phi) is 5.76. The van der Waals surface area contributed by atoms with Crippen LogP contribution >= 0.6 is 11.3 Å². The minimum Gasteiger partial charge on any atom is -0.365 e. The molecule has 1 heterocycles. The van der Waals surface area contributed by atoms with Gasteiger partial charge in [-0.2, -0.15) is 0 Å². The van der Waals surface area contributed by atoms with Gasteiger partial charge in [-0.1, -0.05) is 26.2 Å². The van der Waals surface area contributed by atoms with E-state index in [1.54, 1.807) is 11.4 Å². The fraction of sp³-hybridized carbons (Fsp3) is 0.600. The maximum Gasteiger partial charge on any atom is 0.260 e. The number of ether oxygens (including phenoxy) is 1. The highest BCUT2D eigenvalue weighted by atomic mass is 32.1. The van der Waals surface area contributed by atoms with Crippen molar-refractivity contribution in [3.8, 4) is 0 Å². The Balaban J connectivity index is 1.96. The summed E-state index contributed by atoms with van der Waals surface area (Å²) in [6.07, 6.45) is 5.93. The molecule has 1 aromatic rings. The minimum atomic E-state index is -0.526. The SMILES string of the molecule is CC[C@@H](OC1CCCCC1)C(=O)Nc1ccsc1C(N)=O. The molecule has 3 N–H and O–H groups in total. The minimum absolute atomic E-state index is 0.174. The highest BCUT2D eigenvalue weighted by Gasteiger charge is 2.24. The van der Waals surface area contributed by atoms with Gasteiger partial charge >= 0.3 is 0 Å². The average Bonchev–Trinajstić information content (AvgIpc) is 2.94. The second-order valence-electron chi connectivity index (χ2n) is 5.31. The highest BCUT2D eigenvalue weighted by Crippen LogP contribution is 2.24. The quantitative estimate of drug-likeness (QED) is 0.847. The van der Waals surface area contributed by atoms with Gasteiger partial charge in [0, 0.05) is 0 Å². The van der Waals surface area contributed by atoms with E-state index in [1.165, 1.54) is 30.6 Å². The third-order valence-electron chi connectivity index (χ3n) is 3.72. The molecule has 5 nitrogen and oxygen atoms in total. The zero-order chi connectivity index (χ0) is 15.2. The molecule has 1 aromatic heterocycles. The van der Waals surface area contributed by atoms with Crippen LogP contribution in [0.2, 0.25) is 0 Å². The van der Waals surface area contributed by atoms with Gasteiger partial charge in [0.2, 0.25) is 0 Å². The average molecular weight is 310 g/mol. The Bertz CT molecular complexity index is 495. The summed E-state index contributed by atoms with van der Waals surface area (Å²) in [5.41, 5.74) is 5.76. The number of thiophene rings is 1. The lowest BCUT2D eigenvalue weighted by molar-refractivity contribution is -0.132. The molecule has 0 bridgehead atoms. The molecule has 21 heavy (non-hydrogen) atoms. The predicted molar refractivity (Wildman–Crippen MR) is 83.5 cm³/mol. The molecule has 0 spiro atoms. The second-order valence-corrected chi connectivity index (χ2v) is 6.23. The largest absolute Gasteiger partial charge is 0.365 e. The monoisotopic (exact) mass is 310 g/mol. The van der Waals surface area contributed by atoms with Crippen LogP contribution in [0, 0.1) is 0 Å². The highest BCUT2D eigenvalue weighted by molar-refractivity contribution is 7.12. The number of carbonyl (C=O) groups is 2. The molecule has 0 radical (unpaired) electrons. The Morgan fingerprint density at radius 3 is 2.76 bits per heavy atom. The normalized spacial score (nSPS) is 17.4. The first-order valence-corrected chi connectivity index (χ1v) is 8.33. The molecule has 1 saturated carbocycles. The number of rotatable bonds is 6. The summed E-state index contributed by atoms with van der Waals surface area (Å²) in [5, 5.41) is 4.49. The lowest BCUT2D eigenvalue weighted by atomic mass is 9.97. The second kappa shape index (κ2) is 7.56. The number of anilines is 1. The molecular formula is C15H22N2O3S. The molecule has 0 unspecified atom stereocenters. The van der Waals surface area contributed by atoms with Crippen molar-refractivity contribution in [3.05, 3.63) is 16.3 Å². The Morgan fingerprint density at radius 2 is 2.14 bits per heavy atom. The number of amides is 2. The van der Waals surface area contributed by atoms with Crippen molar-refractivity contribution in [1.82, 2.24) is 0 Å². The molecule has 0 aliphatic heterocycles. The van der Waals surface area contributed by atoms with E-state index >= 15 is 0 Å². The zero-order valence-corrected chi connectivity index (χ0v) is 13.1. The standard InChI is InChI=1S/C15H22N2O3S/c1-2-12(20-10-6-4-3-5-7-10)15(19)17-11-8-9-21-13(11)14(16)18/h8-10,12H,2-7H2,1H3,(H2,16,18)(H,17,19)/t12-/m1/s1. The van der Waals surface area contributed by atoms with Gasteiger partial charge in [-0.15, -0.1) is 11.3 Å². The molecule has 1 aliphatic rings. The van der Waals surface area contributed by atoms with E-state index in [0.717, 1.165) is 12.8 Å². The van der Waals surface area contributed by atoms with E-state index in [4.69, 9.17) is 10.5 Å². The predicted octanol–water partition coefficient (Wildman–Crippen LogP) is 2.91. The van der Waals surface area contributed by atoms with Gasteiger partial charge in [-0.3, -0.25) is 9.59 Å². The van der Waals surface area contributed by atoms with Crippen LogP contribution in [0.25, 0.3) is 0 Å². The van der Waals surface area contributed by atoms with Crippen LogP contribution in [-0.4, -0.2) is 24.0 Å². The summed E-state index contributed by atoms with van der Waals surface area (Å²) in [5.74, 6) is -0.731. The van der Waals surface area contributed by atoms with Crippen molar-refractivity contribution in [2.75, 3.05) is 5.32 Å². The van der Waals surface area contributed by atoms with Gasteiger partial charge in [-0.25, -0.2) is 0 Å². The number of hydrogen-bond donors (Lipinski definition) is 2. The van der Waals surface area contributed by atoms with Crippen LogP contribution in [0.15, 0.2) is 11.4 Å². The van der Waals surface area contributed by atoms with E-state index in [0.29, 0.717) is 17.0 Å². The van der Waals surface area contributed by atoms with Crippen LogP contribution < -0.4 is 11.1 Å². The number of carbonyl (C=O) groups excluding carboxylic acids is 2. The first-order valence-electron chi connectivity index (χ1n) is 7.45. The molecule has 116 valence electrons. The number of nitrogens with one attached hydrogen (secondary N) is 1. The molecule has 1 fully saturated rings. The fourth-order valence-electron chi connectivity index (χ4n) is 2.59. The maximum absolute atomic E-state index is 12.3. The molecule has 1 aliphatic carbocycles. The van der Waals surface area contributed by atoms with Crippen molar-refractivity contribution in [3.63, 3.8) is 0 Å². The van der Waals surface area contributed by atoms with Crippen molar-refractivity contribution in [2.45, 2.75) is 57.7 Å². The summed E-state index contributed by atoms with van der Waals surface area (Å²) in [6, 6.07) is 1.69. The summed E-state index contributed by atoms with van der Waals surface area (Å²) >= 11 is 1.22. The van der Waals surface area contributed by atoms with Crippen molar-refractivity contribution in [2.24, 2.45) is 5.73 Å². The first-order chi connectivity index (χ1) is 10.1. The summed E-state index contributed by atoms with van der Waals surface area (Å²) in [4.78, 5) is 23.9. The van der Waals surface area contributed by atoms with E-state index in [2.05, 4.69) is 5.32 Å². The Labute approximate surface area is 128 Å². The summed E-state index contributed by atoms with van der Waals surface area (Å²) < 4.78 is 5.93. The molecule has 2 amide bonds. The van der Waals surface area contributed by atoms with Gasteiger partial charge in [0.15, 0.2) is 0 Å². The van der Waals surface area contributed by atoms with Gasteiger partial charge in [0.05, 0.1) is 11.8 Å². The lowest BCUT2D eigenvalue weighted by Gasteiger charge is -2.26. The molecule has 2 rings (SSSR count). The third kappa shape index (κ3) is 4.28. The molecule has 0 saturated heterocycles. The van der Waals surface area contributed by atoms with Crippen molar-refractivity contribution in [1.29, 1.82) is 0 Å². The van der Waals surface area contributed by atoms with E-state index in [9.17, 15) is 9.59 Å². The smallest absolute Gasteiger partial charge is 0.260 e. The summed E-state index contributed by atoms with van der Waals surface area (Å²) in [6.45, 7) is 1.93. The Morgan fingerprint density at radius 1 is 1.43 bits per heavy atom. The van der Waals surface area contributed by atoms with Crippen LogP contribution in [-0.2, 0) is 9.53 Å². The van der Waals surface area contributed by atoms with E-state index < -0.39 is 12.0 Å². The van der Waals surface area contributed by atoms with E-state index in [1.807, 2.05) is 6.92 Å². The Hall–Kier alpha value is -1.40. The first kappa shape index (κ1) is 16.0. The fourth-order valence-corrected chi connectivity index (χ4v) is 3.29. The topological polar surface area (TPSA) is 81.4 Å². The van der Waals surface area contributed by atoms with Crippen LogP contribution in [0.5, 0.6) is 0 Å². The lowest BCUT2D eigenvalue weighted by Crippen LogP contribution is -2.34. The zero-order valence-electron chi connectivity index (χ0n) is 12.3. The molecular weight excluding hydrogens is 288 g/mol. The number of primary amides is 1. The summed E-state index contributed by atoms with van der Waals surface area (Å²) in [7, 11) is 0. The van der Waals surface area contributed by atoms with Gasteiger partial charge in [-0.05, 0) is 30.7 Å². The molecule has 1 atom stereocenters. The third-order valence-corrected chi connectivity index (χ3v) is 4.65. The van der Waals surface area contributed by atoms with Crippen LogP contribution in [0.3, 0.4) is 0 Å². The van der Waals surface area contributed by atoms with Gasteiger partial charge < -0.3 is 15.8 Å².